The molecule has 0 aromatic carbocycles. The maximum Gasteiger partial charge on any atom is 0.248 e. The van der Waals surface area contributed by atoms with Crippen molar-refractivity contribution in [1.82, 2.24) is 0 Å². The molecule has 1 unspecified atom stereocenters. The second kappa shape index (κ2) is 3.94. The van der Waals surface area contributed by atoms with Crippen LogP contribution < -0.4 is 0 Å². The van der Waals surface area contributed by atoms with Crippen LogP contribution in [0.3, 0.4) is 0 Å². The standard InChI is InChI=1S/C10H9BrF2OS/c11-8-5-15-4-7(8)9(14)6-1-2-10(12,13)3-6/h4-6H,1-3H2. The first kappa shape index (κ1) is 11.2. The Labute approximate surface area is 98.6 Å². The van der Waals surface area contributed by atoms with Crippen LogP contribution in [-0.2, 0) is 0 Å². The molecule has 1 nitrogen and oxygen atoms in total. The Morgan fingerprint density at radius 2 is 2.27 bits per heavy atom. The summed E-state index contributed by atoms with van der Waals surface area (Å²) in [5.74, 6) is -3.31. The van der Waals surface area contributed by atoms with Gasteiger partial charge in [0, 0.05) is 39.6 Å². The van der Waals surface area contributed by atoms with Crippen molar-refractivity contribution in [2.45, 2.75) is 25.2 Å². The maximum absolute atomic E-state index is 12.9. The summed E-state index contributed by atoms with van der Waals surface area (Å²) in [4.78, 5) is 11.9. The second-order valence-corrected chi connectivity index (χ2v) is 5.39. The second-order valence-electron chi connectivity index (χ2n) is 3.79. The molecule has 15 heavy (non-hydrogen) atoms. The fourth-order valence-corrected chi connectivity index (χ4v) is 3.33. The van der Waals surface area contributed by atoms with E-state index in [-0.39, 0.29) is 18.6 Å². The van der Waals surface area contributed by atoms with Gasteiger partial charge in [-0.05, 0) is 22.4 Å². The molecule has 2 rings (SSSR count). The molecule has 1 aromatic rings. The molecule has 1 fully saturated rings. The van der Waals surface area contributed by atoms with Crippen molar-refractivity contribution in [2.75, 3.05) is 0 Å². The normalized spacial score (nSPS) is 24.3. The van der Waals surface area contributed by atoms with E-state index in [1.165, 1.54) is 11.3 Å². The SMILES string of the molecule is O=C(c1cscc1Br)C1CCC(F)(F)C1. The van der Waals surface area contributed by atoms with Crippen LogP contribution in [-0.4, -0.2) is 11.7 Å². The smallest absolute Gasteiger partial charge is 0.248 e. The molecule has 1 saturated carbocycles. The molecule has 0 saturated heterocycles. The maximum atomic E-state index is 12.9. The predicted molar refractivity (Wildman–Crippen MR) is 58.6 cm³/mol. The molecule has 1 aromatic heterocycles. The Morgan fingerprint density at radius 3 is 2.73 bits per heavy atom. The third kappa shape index (κ3) is 2.28. The van der Waals surface area contributed by atoms with E-state index in [1.807, 2.05) is 0 Å². The molecule has 0 bridgehead atoms. The van der Waals surface area contributed by atoms with Gasteiger partial charge in [-0.2, -0.15) is 11.3 Å². The largest absolute Gasteiger partial charge is 0.294 e. The van der Waals surface area contributed by atoms with Crippen LogP contribution >= 0.6 is 27.3 Å². The zero-order chi connectivity index (χ0) is 11.1. The minimum absolute atomic E-state index is 0.152. The molecule has 0 aliphatic heterocycles. The van der Waals surface area contributed by atoms with Crippen LogP contribution in [0.5, 0.6) is 0 Å². The zero-order valence-corrected chi connectivity index (χ0v) is 10.2. The molecule has 0 N–H and O–H groups in total. The number of thiophene rings is 1. The quantitative estimate of drug-likeness (QED) is 0.750. The topological polar surface area (TPSA) is 17.1 Å². The van der Waals surface area contributed by atoms with Crippen molar-refractivity contribution in [3.8, 4) is 0 Å². The number of rotatable bonds is 2. The van der Waals surface area contributed by atoms with Gasteiger partial charge < -0.3 is 0 Å². The van der Waals surface area contributed by atoms with Gasteiger partial charge in [0.2, 0.25) is 5.92 Å². The predicted octanol–water partition coefficient (Wildman–Crippen LogP) is 4.13. The van der Waals surface area contributed by atoms with Crippen LogP contribution in [0.15, 0.2) is 15.2 Å². The Morgan fingerprint density at radius 1 is 1.53 bits per heavy atom. The molecule has 1 aliphatic carbocycles. The number of halogens is 3. The summed E-state index contributed by atoms with van der Waals surface area (Å²) < 4.78 is 26.6. The van der Waals surface area contributed by atoms with Gasteiger partial charge in [0.1, 0.15) is 0 Å². The Balaban J connectivity index is 2.14. The first-order valence-corrected chi connectivity index (χ1v) is 6.37. The summed E-state index contributed by atoms with van der Waals surface area (Å²) in [7, 11) is 0. The van der Waals surface area contributed by atoms with Crippen LogP contribution in [0, 0.1) is 5.92 Å². The van der Waals surface area contributed by atoms with E-state index < -0.39 is 11.8 Å². The van der Waals surface area contributed by atoms with Crippen molar-refractivity contribution in [1.29, 1.82) is 0 Å². The van der Waals surface area contributed by atoms with E-state index in [0.29, 0.717) is 16.5 Å². The average molecular weight is 295 g/mol. The van der Waals surface area contributed by atoms with E-state index >= 15 is 0 Å². The summed E-state index contributed by atoms with van der Waals surface area (Å²) in [6, 6.07) is 0. The highest BCUT2D eigenvalue weighted by molar-refractivity contribution is 9.10. The molecular weight excluding hydrogens is 286 g/mol. The number of hydrogen-bond acceptors (Lipinski definition) is 2. The Bertz CT molecular complexity index is 389. The lowest BCUT2D eigenvalue weighted by atomic mass is 9.98. The van der Waals surface area contributed by atoms with Crippen molar-refractivity contribution >= 4 is 33.0 Å². The highest BCUT2D eigenvalue weighted by atomic mass is 79.9. The minimum Gasteiger partial charge on any atom is -0.294 e. The zero-order valence-electron chi connectivity index (χ0n) is 7.80. The molecule has 82 valence electrons. The lowest BCUT2D eigenvalue weighted by molar-refractivity contribution is 0.00530. The van der Waals surface area contributed by atoms with E-state index in [1.54, 1.807) is 10.8 Å². The van der Waals surface area contributed by atoms with Gasteiger partial charge >= 0.3 is 0 Å². The Kier molecular flexibility index (Phi) is 2.94. The van der Waals surface area contributed by atoms with Gasteiger partial charge in [0.25, 0.3) is 0 Å². The third-order valence-corrected chi connectivity index (χ3v) is 4.36. The number of carbonyl (C=O) groups is 1. The Hall–Kier alpha value is -0.290. The van der Waals surface area contributed by atoms with Gasteiger partial charge in [0.05, 0.1) is 0 Å². The fourth-order valence-electron chi connectivity index (χ4n) is 1.85. The lowest BCUT2D eigenvalue weighted by Crippen LogP contribution is -2.15. The molecule has 1 aliphatic rings. The summed E-state index contributed by atoms with van der Waals surface area (Å²) in [6.07, 6.45) is -0.159. The number of alkyl halides is 2. The van der Waals surface area contributed by atoms with Gasteiger partial charge in [-0.1, -0.05) is 0 Å². The molecule has 0 spiro atoms. The van der Waals surface area contributed by atoms with Crippen LogP contribution in [0.1, 0.15) is 29.6 Å². The lowest BCUT2D eigenvalue weighted by Gasteiger charge is -2.08. The van der Waals surface area contributed by atoms with Crippen LogP contribution in [0.25, 0.3) is 0 Å². The number of Topliss-reactive ketones (excluding diaryl/α,β-unsaturated/α-hetero) is 1. The summed E-state index contributed by atoms with van der Waals surface area (Å²) in [6.45, 7) is 0. The minimum atomic E-state index is -2.65. The fraction of sp³-hybridized carbons (Fsp3) is 0.500. The van der Waals surface area contributed by atoms with Gasteiger partial charge in [-0.25, -0.2) is 8.78 Å². The van der Waals surface area contributed by atoms with Gasteiger partial charge in [0.15, 0.2) is 5.78 Å². The number of hydrogen-bond donors (Lipinski definition) is 0. The molecule has 1 atom stereocenters. The highest BCUT2D eigenvalue weighted by Crippen LogP contribution is 2.41. The van der Waals surface area contributed by atoms with E-state index in [0.717, 1.165) is 0 Å². The molecule has 1 heterocycles. The summed E-state index contributed by atoms with van der Waals surface area (Å²) >= 11 is 4.64. The first-order valence-electron chi connectivity index (χ1n) is 4.63. The third-order valence-electron chi connectivity index (χ3n) is 2.65. The molecular formula is C10H9BrF2OS. The highest BCUT2D eigenvalue weighted by Gasteiger charge is 2.42. The average Bonchev–Trinajstić information content (AvgIpc) is 2.71. The van der Waals surface area contributed by atoms with Crippen LogP contribution in [0.4, 0.5) is 8.78 Å². The molecule has 0 radical (unpaired) electrons. The van der Waals surface area contributed by atoms with Gasteiger partial charge in [-0.15, -0.1) is 0 Å². The van der Waals surface area contributed by atoms with E-state index in [9.17, 15) is 13.6 Å². The van der Waals surface area contributed by atoms with Crippen molar-refractivity contribution in [2.24, 2.45) is 5.92 Å². The number of ketones is 1. The molecule has 0 amide bonds. The van der Waals surface area contributed by atoms with E-state index in [2.05, 4.69) is 15.9 Å². The number of carbonyl (C=O) groups excluding carboxylic acids is 1. The summed E-state index contributed by atoms with van der Waals surface area (Å²) in [5, 5.41) is 3.50. The van der Waals surface area contributed by atoms with Crippen molar-refractivity contribution in [3.05, 3.63) is 20.8 Å². The summed E-state index contributed by atoms with van der Waals surface area (Å²) in [5.41, 5.74) is 0.544. The van der Waals surface area contributed by atoms with Gasteiger partial charge in [-0.3, -0.25) is 4.79 Å². The van der Waals surface area contributed by atoms with E-state index in [4.69, 9.17) is 0 Å². The van der Waals surface area contributed by atoms with Crippen molar-refractivity contribution in [3.63, 3.8) is 0 Å². The van der Waals surface area contributed by atoms with Crippen LogP contribution in [0.2, 0.25) is 0 Å². The first-order chi connectivity index (χ1) is 6.99. The van der Waals surface area contributed by atoms with Crippen molar-refractivity contribution < 1.29 is 13.6 Å². The molecule has 5 heteroatoms. The monoisotopic (exact) mass is 294 g/mol.